The largest absolute Gasteiger partial charge is 0.490 e. The molecule has 1 aliphatic rings. The number of aryl methyl sites for hydroxylation is 1. The highest BCUT2D eigenvalue weighted by atomic mass is 79.9. The summed E-state index contributed by atoms with van der Waals surface area (Å²) < 4.78 is 11.3. The third kappa shape index (κ3) is 3.55. The van der Waals surface area contributed by atoms with Crippen LogP contribution in [0, 0.1) is 0 Å². The van der Waals surface area contributed by atoms with Crippen molar-refractivity contribution in [3.05, 3.63) is 15.2 Å². The molecule has 0 aliphatic carbocycles. The summed E-state index contributed by atoms with van der Waals surface area (Å²) in [6.07, 6.45) is 1.09. The maximum absolute atomic E-state index is 11.8. The van der Waals surface area contributed by atoms with Gasteiger partial charge >= 0.3 is 6.09 Å². The average Bonchev–Trinajstić information content (AvgIpc) is 2.33. The lowest BCUT2D eigenvalue weighted by molar-refractivity contribution is 0.0635. The van der Waals surface area contributed by atoms with Crippen molar-refractivity contribution in [2.75, 3.05) is 11.9 Å². The lowest BCUT2D eigenvalue weighted by atomic mass is 10.1. The van der Waals surface area contributed by atoms with E-state index in [0.29, 0.717) is 21.9 Å². The highest BCUT2D eigenvalue weighted by molar-refractivity contribution is 9.10. The Labute approximate surface area is 131 Å². The van der Waals surface area contributed by atoms with Gasteiger partial charge in [0, 0.05) is 0 Å². The Bertz CT molecular complexity index is 543. The summed E-state index contributed by atoms with van der Waals surface area (Å²) in [6.45, 7) is 6.01. The van der Waals surface area contributed by atoms with Gasteiger partial charge in [0.2, 0.25) is 0 Å². The van der Waals surface area contributed by atoms with E-state index in [0.717, 1.165) is 18.5 Å². The second kappa shape index (κ2) is 5.77. The number of fused-ring (bicyclic) bond motifs is 1. The fraction of sp³-hybridized carbons (Fsp3) is 0.538. The van der Waals surface area contributed by atoms with Gasteiger partial charge in [0.1, 0.15) is 10.6 Å². The Morgan fingerprint density at radius 3 is 2.85 bits per heavy atom. The number of hydrogen-bond donors (Lipinski definition) is 1. The van der Waals surface area contributed by atoms with E-state index in [1.165, 1.54) is 0 Å². The smallest absolute Gasteiger partial charge is 0.413 e. The minimum Gasteiger partial charge on any atom is -0.490 e. The van der Waals surface area contributed by atoms with Gasteiger partial charge in [-0.2, -0.15) is 0 Å². The van der Waals surface area contributed by atoms with E-state index < -0.39 is 11.7 Å². The summed E-state index contributed by atoms with van der Waals surface area (Å²) in [6, 6.07) is 0. The minimum atomic E-state index is -0.588. The number of ether oxygens (including phenoxy) is 2. The van der Waals surface area contributed by atoms with Crippen molar-refractivity contribution in [3.8, 4) is 5.75 Å². The minimum absolute atomic E-state index is 0.275. The molecule has 1 amide bonds. The number of pyridine rings is 1. The van der Waals surface area contributed by atoms with Crippen LogP contribution in [0.25, 0.3) is 0 Å². The van der Waals surface area contributed by atoms with E-state index in [9.17, 15) is 4.79 Å². The Kier molecular flexibility index (Phi) is 4.44. The zero-order chi connectivity index (χ0) is 14.9. The number of carbonyl (C=O) groups excluding carboxylic acids is 1. The van der Waals surface area contributed by atoms with Crippen LogP contribution < -0.4 is 10.1 Å². The predicted octanol–water partition coefficient (Wildman–Crippen LogP) is 4.17. The second-order valence-electron chi connectivity index (χ2n) is 5.44. The highest BCUT2D eigenvalue weighted by Gasteiger charge is 2.23. The number of halogens is 2. The molecule has 0 unspecified atom stereocenters. The van der Waals surface area contributed by atoms with E-state index in [1.54, 1.807) is 20.8 Å². The molecule has 5 nitrogen and oxygen atoms in total. The van der Waals surface area contributed by atoms with Crippen LogP contribution in [0.2, 0.25) is 5.02 Å². The lowest BCUT2D eigenvalue weighted by Crippen LogP contribution is -2.28. The van der Waals surface area contributed by atoms with Gasteiger partial charge in [0.25, 0.3) is 0 Å². The molecule has 1 aliphatic heterocycles. The van der Waals surface area contributed by atoms with E-state index in [4.69, 9.17) is 21.1 Å². The van der Waals surface area contributed by atoms with Crippen LogP contribution in [0.4, 0.5) is 10.6 Å². The van der Waals surface area contributed by atoms with Gasteiger partial charge in [-0.25, -0.2) is 9.78 Å². The van der Waals surface area contributed by atoms with Gasteiger partial charge in [-0.1, -0.05) is 11.6 Å². The number of anilines is 1. The standard InChI is InChI=1S/C13H16BrClN2O3/c1-13(2,3)20-12(18)17-11-9(15)8(14)10-7(16-11)5-4-6-19-10/h4-6H2,1-3H3,(H,16,17,18). The number of nitrogens with zero attached hydrogens (tertiary/aromatic N) is 1. The summed E-state index contributed by atoms with van der Waals surface area (Å²) in [5.74, 6) is 0.924. The number of aromatic nitrogens is 1. The first-order valence-corrected chi connectivity index (χ1v) is 7.45. The van der Waals surface area contributed by atoms with Crippen LogP contribution in [0.15, 0.2) is 4.47 Å². The topological polar surface area (TPSA) is 60.5 Å². The molecule has 1 aromatic rings. The van der Waals surface area contributed by atoms with Gasteiger partial charge < -0.3 is 9.47 Å². The predicted molar refractivity (Wildman–Crippen MR) is 80.6 cm³/mol. The van der Waals surface area contributed by atoms with E-state index in [-0.39, 0.29) is 5.82 Å². The van der Waals surface area contributed by atoms with E-state index >= 15 is 0 Å². The Balaban J connectivity index is 2.24. The van der Waals surface area contributed by atoms with Gasteiger partial charge in [-0.15, -0.1) is 0 Å². The van der Waals surface area contributed by atoms with E-state index in [2.05, 4.69) is 26.2 Å². The van der Waals surface area contributed by atoms with Gasteiger partial charge in [0.15, 0.2) is 11.6 Å². The molecule has 0 bridgehead atoms. The SMILES string of the molecule is CC(C)(C)OC(=O)Nc1nc2c(c(Br)c1Cl)OCCC2. The van der Waals surface area contributed by atoms with Gasteiger partial charge in [-0.3, -0.25) is 5.32 Å². The lowest BCUT2D eigenvalue weighted by Gasteiger charge is -2.22. The van der Waals surface area contributed by atoms with Crippen molar-refractivity contribution in [1.29, 1.82) is 0 Å². The molecule has 20 heavy (non-hydrogen) atoms. The third-order valence-corrected chi connectivity index (χ3v) is 3.89. The van der Waals surface area contributed by atoms with Crippen LogP contribution in [0.5, 0.6) is 5.75 Å². The molecular weight excluding hydrogens is 348 g/mol. The Morgan fingerprint density at radius 2 is 2.20 bits per heavy atom. The first-order chi connectivity index (χ1) is 9.28. The molecule has 110 valence electrons. The second-order valence-corrected chi connectivity index (χ2v) is 6.61. The molecular formula is C13H16BrClN2O3. The maximum Gasteiger partial charge on any atom is 0.413 e. The quantitative estimate of drug-likeness (QED) is 0.813. The average molecular weight is 364 g/mol. The molecule has 0 aromatic carbocycles. The summed E-state index contributed by atoms with van der Waals surface area (Å²) >= 11 is 9.56. The third-order valence-electron chi connectivity index (χ3n) is 2.53. The molecule has 0 saturated carbocycles. The normalized spacial score (nSPS) is 14.2. The number of carbonyl (C=O) groups is 1. The summed E-state index contributed by atoms with van der Waals surface area (Å²) in [5.41, 5.74) is 0.198. The monoisotopic (exact) mass is 362 g/mol. The molecule has 0 radical (unpaired) electrons. The fourth-order valence-corrected chi connectivity index (χ4v) is 2.48. The summed E-state index contributed by atoms with van der Waals surface area (Å²) in [4.78, 5) is 16.1. The molecule has 2 rings (SSSR count). The fourth-order valence-electron chi connectivity index (χ4n) is 1.78. The first kappa shape index (κ1) is 15.4. The van der Waals surface area contributed by atoms with Crippen molar-refractivity contribution in [2.24, 2.45) is 0 Å². The zero-order valence-corrected chi connectivity index (χ0v) is 13.9. The van der Waals surface area contributed by atoms with Crippen LogP contribution in [-0.4, -0.2) is 23.3 Å². The van der Waals surface area contributed by atoms with Crippen molar-refractivity contribution >= 4 is 39.4 Å². The summed E-state index contributed by atoms with van der Waals surface area (Å²) in [5, 5.41) is 2.87. The van der Waals surface area contributed by atoms with Crippen LogP contribution >= 0.6 is 27.5 Å². The molecule has 2 heterocycles. The number of rotatable bonds is 1. The zero-order valence-electron chi connectivity index (χ0n) is 11.5. The number of amides is 1. The summed E-state index contributed by atoms with van der Waals surface area (Å²) in [7, 11) is 0. The molecule has 0 saturated heterocycles. The molecule has 0 atom stereocenters. The Hall–Kier alpha value is -1.01. The number of nitrogens with one attached hydrogen (secondary N) is 1. The Morgan fingerprint density at radius 1 is 1.50 bits per heavy atom. The first-order valence-electron chi connectivity index (χ1n) is 6.28. The molecule has 7 heteroatoms. The number of hydrogen-bond acceptors (Lipinski definition) is 4. The van der Waals surface area contributed by atoms with Crippen molar-refractivity contribution in [3.63, 3.8) is 0 Å². The van der Waals surface area contributed by atoms with Crippen molar-refractivity contribution in [2.45, 2.75) is 39.2 Å². The van der Waals surface area contributed by atoms with E-state index in [1.807, 2.05) is 0 Å². The van der Waals surface area contributed by atoms with Crippen molar-refractivity contribution in [1.82, 2.24) is 4.98 Å². The maximum atomic E-state index is 11.8. The molecule has 0 fully saturated rings. The van der Waals surface area contributed by atoms with Crippen LogP contribution in [-0.2, 0) is 11.2 Å². The van der Waals surface area contributed by atoms with Crippen molar-refractivity contribution < 1.29 is 14.3 Å². The van der Waals surface area contributed by atoms with Gasteiger partial charge in [0.05, 0.1) is 16.8 Å². The molecule has 1 N–H and O–H groups in total. The van der Waals surface area contributed by atoms with Gasteiger partial charge in [-0.05, 0) is 49.5 Å². The highest BCUT2D eigenvalue weighted by Crippen LogP contribution is 2.40. The van der Waals surface area contributed by atoms with Crippen LogP contribution in [0.1, 0.15) is 32.9 Å². The van der Waals surface area contributed by atoms with Crippen LogP contribution in [0.3, 0.4) is 0 Å². The molecule has 0 spiro atoms. The molecule has 1 aromatic heterocycles.